The number of nitrogens with two attached hydrogens (primary N) is 1. The fourth-order valence-corrected chi connectivity index (χ4v) is 2.42. The van der Waals surface area contributed by atoms with Gasteiger partial charge in [0, 0.05) is 6.54 Å². The van der Waals surface area contributed by atoms with Gasteiger partial charge in [-0.2, -0.15) is 5.10 Å². The van der Waals surface area contributed by atoms with E-state index in [0.29, 0.717) is 35.5 Å². The summed E-state index contributed by atoms with van der Waals surface area (Å²) < 4.78 is 6.94. The van der Waals surface area contributed by atoms with Crippen molar-refractivity contribution in [2.45, 2.75) is 13.0 Å². The molecule has 0 bridgehead atoms. The van der Waals surface area contributed by atoms with E-state index < -0.39 is 0 Å². The lowest BCUT2D eigenvalue weighted by molar-refractivity contribution is 0.577. The van der Waals surface area contributed by atoms with Gasteiger partial charge in [-0.15, -0.1) is 5.10 Å². The molecule has 0 saturated carbocycles. The van der Waals surface area contributed by atoms with Crippen LogP contribution in [0.2, 0.25) is 0 Å². The first kappa shape index (κ1) is 14.2. The third kappa shape index (κ3) is 2.65. The lowest BCUT2D eigenvalue weighted by atomic mass is 10.1. The predicted molar refractivity (Wildman–Crippen MR) is 87.7 cm³/mol. The van der Waals surface area contributed by atoms with Crippen LogP contribution < -0.4 is 5.73 Å². The zero-order valence-corrected chi connectivity index (χ0v) is 12.8. The number of nitrogen functional groups attached to an aromatic ring is 1. The molecule has 0 aliphatic heterocycles. The average Bonchev–Trinajstić information content (AvgIpc) is 3.34. The molecule has 3 heterocycles. The van der Waals surface area contributed by atoms with Crippen molar-refractivity contribution in [2.24, 2.45) is 0 Å². The number of nitrogens with one attached hydrogen (secondary N) is 1. The third-order valence-electron chi connectivity index (χ3n) is 3.68. The molecule has 8 nitrogen and oxygen atoms in total. The van der Waals surface area contributed by atoms with Gasteiger partial charge in [0.1, 0.15) is 0 Å². The summed E-state index contributed by atoms with van der Waals surface area (Å²) >= 11 is 0. The molecule has 3 N–H and O–H groups in total. The van der Waals surface area contributed by atoms with Crippen LogP contribution in [0, 0.1) is 0 Å². The second kappa shape index (κ2) is 5.99. The molecular formula is C16H15N7O. The number of anilines is 1. The van der Waals surface area contributed by atoms with Gasteiger partial charge in [0.05, 0.1) is 6.26 Å². The standard InChI is InChI=1S/C16H15N7O/c17-14-13(16-18-15(20-21-16)12-7-4-10-24-12)19-22-23(14)9-8-11-5-2-1-3-6-11/h1-7,10H,8-9,17H2,(H,18,20,21). The van der Waals surface area contributed by atoms with E-state index in [4.69, 9.17) is 10.2 Å². The molecule has 0 radical (unpaired) electrons. The van der Waals surface area contributed by atoms with Gasteiger partial charge in [-0.3, -0.25) is 5.10 Å². The summed E-state index contributed by atoms with van der Waals surface area (Å²) in [6.45, 7) is 0.637. The van der Waals surface area contributed by atoms with Crippen LogP contribution in [0.25, 0.3) is 23.1 Å². The summed E-state index contributed by atoms with van der Waals surface area (Å²) in [5, 5.41) is 15.2. The van der Waals surface area contributed by atoms with Crippen LogP contribution in [0.3, 0.4) is 0 Å². The van der Waals surface area contributed by atoms with E-state index in [2.05, 4.69) is 37.6 Å². The first-order chi connectivity index (χ1) is 11.8. The van der Waals surface area contributed by atoms with Crippen LogP contribution in [0.5, 0.6) is 0 Å². The number of aryl methyl sites for hydroxylation is 2. The maximum atomic E-state index is 6.15. The van der Waals surface area contributed by atoms with Gasteiger partial charge in [0.15, 0.2) is 23.1 Å². The minimum atomic E-state index is 0.393. The lowest BCUT2D eigenvalue weighted by Gasteiger charge is -2.03. The van der Waals surface area contributed by atoms with Crippen molar-refractivity contribution in [1.82, 2.24) is 30.2 Å². The van der Waals surface area contributed by atoms with Crippen molar-refractivity contribution in [1.29, 1.82) is 0 Å². The summed E-state index contributed by atoms with van der Waals surface area (Å²) in [6, 6.07) is 13.7. The Morgan fingerprint density at radius 2 is 2.00 bits per heavy atom. The molecule has 0 aliphatic rings. The van der Waals surface area contributed by atoms with Crippen LogP contribution in [0.1, 0.15) is 5.56 Å². The van der Waals surface area contributed by atoms with Crippen molar-refractivity contribution in [2.75, 3.05) is 5.73 Å². The summed E-state index contributed by atoms with van der Waals surface area (Å²) in [7, 11) is 0. The first-order valence-electron chi connectivity index (χ1n) is 7.51. The number of furan rings is 1. The van der Waals surface area contributed by atoms with Gasteiger partial charge < -0.3 is 10.2 Å². The number of rotatable bonds is 5. The van der Waals surface area contributed by atoms with Crippen molar-refractivity contribution in [3.05, 3.63) is 54.3 Å². The highest BCUT2D eigenvalue weighted by atomic mass is 16.3. The average molecular weight is 321 g/mol. The maximum Gasteiger partial charge on any atom is 0.206 e. The van der Waals surface area contributed by atoms with Gasteiger partial charge in [-0.05, 0) is 24.1 Å². The molecule has 120 valence electrons. The molecule has 8 heteroatoms. The van der Waals surface area contributed by atoms with E-state index >= 15 is 0 Å². The van der Waals surface area contributed by atoms with E-state index in [1.807, 2.05) is 18.2 Å². The van der Waals surface area contributed by atoms with Gasteiger partial charge in [-0.25, -0.2) is 9.67 Å². The Morgan fingerprint density at radius 1 is 1.12 bits per heavy atom. The molecule has 1 aromatic carbocycles. The molecule has 4 rings (SSSR count). The van der Waals surface area contributed by atoms with Crippen molar-refractivity contribution in [3.63, 3.8) is 0 Å². The smallest absolute Gasteiger partial charge is 0.206 e. The Balaban J connectivity index is 1.54. The molecule has 0 aliphatic carbocycles. The van der Waals surface area contributed by atoms with Gasteiger partial charge >= 0.3 is 0 Å². The largest absolute Gasteiger partial charge is 0.461 e. The van der Waals surface area contributed by atoms with E-state index in [1.54, 1.807) is 23.1 Å². The van der Waals surface area contributed by atoms with Crippen molar-refractivity contribution >= 4 is 5.82 Å². The Bertz CT molecular complexity index is 925. The summed E-state index contributed by atoms with van der Waals surface area (Å²) in [4.78, 5) is 4.36. The molecule has 0 spiro atoms. The third-order valence-corrected chi connectivity index (χ3v) is 3.68. The van der Waals surface area contributed by atoms with Crippen molar-refractivity contribution < 1.29 is 4.42 Å². The van der Waals surface area contributed by atoms with E-state index in [1.165, 1.54) is 5.56 Å². The number of aromatic nitrogens is 6. The maximum absolute atomic E-state index is 6.15. The highest BCUT2D eigenvalue weighted by Gasteiger charge is 2.17. The quantitative estimate of drug-likeness (QED) is 0.582. The number of H-pyrrole nitrogens is 1. The molecular weight excluding hydrogens is 306 g/mol. The topological polar surface area (TPSA) is 111 Å². The zero-order valence-electron chi connectivity index (χ0n) is 12.8. The Hall–Kier alpha value is -3.42. The normalized spacial score (nSPS) is 11.0. The number of hydrogen-bond acceptors (Lipinski definition) is 6. The number of benzene rings is 1. The SMILES string of the molecule is Nc1c(-c2n[nH]c(-c3ccco3)n2)nnn1CCc1ccccc1. The zero-order chi connectivity index (χ0) is 16.4. The van der Waals surface area contributed by atoms with E-state index in [9.17, 15) is 0 Å². The summed E-state index contributed by atoms with van der Waals surface area (Å²) in [6.07, 6.45) is 2.39. The highest BCUT2D eigenvalue weighted by Crippen LogP contribution is 2.22. The summed E-state index contributed by atoms with van der Waals surface area (Å²) in [5.41, 5.74) is 7.82. The summed E-state index contributed by atoms with van der Waals surface area (Å²) in [5.74, 6) is 1.96. The molecule has 0 saturated heterocycles. The number of nitrogens with zero attached hydrogens (tertiary/aromatic N) is 5. The van der Waals surface area contributed by atoms with Crippen LogP contribution in [-0.2, 0) is 13.0 Å². The van der Waals surface area contributed by atoms with Crippen molar-refractivity contribution in [3.8, 4) is 23.1 Å². The van der Waals surface area contributed by atoms with Gasteiger partial charge in [0.25, 0.3) is 0 Å². The van der Waals surface area contributed by atoms with Gasteiger partial charge in [-0.1, -0.05) is 35.5 Å². The molecule has 0 fully saturated rings. The fourth-order valence-electron chi connectivity index (χ4n) is 2.42. The van der Waals surface area contributed by atoms with Crippen LogP contribution in [0.15, 0.2) is 53.1 Å². The molecule has 0 unspecified atom stereocenters. The van der Waals surface area contributed by atoms with Crippen LogP contribution in [0.4, 0.5) is 5.82 Å². The molecule has 4 aromatic rings. The molecule has 0 amide bonds. The van der Waals surface area contributed by atoms with E-state index in [-0.39, 0.29) is 0 Å². The molecule has 24 heavy (non-hydrogen) atoms. The molecule has 3 aromatic heterocycles. The fraction of sp³-hybridized carbons (Fsp3) is 0.125. The second-order valence-electron chi connectivity index (χ2n) is 5.27. The van der Waals surface area contributed by atoms with Crippen LogP contribution >= 0.6 is 0 Å². The minimum Gasteiger partial charge on any atom is -0.461 e. The highest BCUT2D eigenvalue weighted by molar-refractivity contribution is 5.64. The first-order valence-corrected chi connectivity index (χ1v) is 7.51. The predicted octanol–water partition coefficient (Wildman–Crippen LogP) is 2.15. The van der Waals surface area contributed by atoms with Crippen LogP contribution in [-0.4, -0.2) is 30.2 Å². The monoisotopic (exact) mass is 321 g/mol. The Kier molecular flexibility index (Phi) is 3.54. The molecule has 0 atom stereocenters. The minimum absolute atomic E-state index is 0.393. The van der Waals surface area contributed by atoms with E-state index in [0.717, 1.165) is 6.42 Å². The lowest BCUT2D eigenvalue weighted by Crippen LogP contribution is -2.07. The Labute approximate surface area is 137 Å². The number of hydrogen-bond donors (Lipinski definition) is 2. The number of aromatic amines is 1. The second-order valence-corrected chi connectivity index (χ2v) is 5.27. The van der Waals surface area contributed by atoms with Gasteiger partial charge in [0.2, 0.25) is 5.82 Å². The Morgan fingerprint density at radius 3 is 2.79 bits per heavy atom.